The number of aryl methyl sites for hydroxylation is 1. The van der Waals surface area contributed by atoms with Gasteiger partial charge in [0.15, 0.2) is 0 Å². The first-order chi connectivity index (χ1) is 7.58. The molecule has 1 aromatic rings. The highest BCUT2D eigenvalue weighted by atomic mass is 79.9. The largest absolute Gasteiger partial charge is 0.330 e. The number of nitrogens with one attached hydrogen (secondary N) is 1. The van der Waals surface area contributed by atoms with Crippen molar-refractivity contribution in [2.24, 2.45) is 11.7 Å². The van der Waals surface area contributed by atoms with E-state index < -0.39 is 0 Å². The number of carbonyl (C=O) groups excluding carboxylic acids is 1. The maximum Gasteiger partial charge on any atom is 0.228 e. The molecule has 1 rings (SSSR count). The van der Waals surface area contributed by atoms with Gasteiger partial charge in [-0.3, -0.25) is 4.79 Å². The number of hydrogen-bond donors (Lipinski definition) is 2. The monoisotopic (exact) mass is 284 g/mol. The van der Waals surface area contributed by atoms with Gasteiger partial charge in [0.2, 0.25) is 5.91 Å². The van der Waals surface area contributed by atoms with Crippen LogP contribution in [0.25, 0.3) is 0 Å². The zero-order chi connectivity index (χ0) is 12.1. The minimum atomic E-state index is -0.113. The number of anilines is 1. The minimum absolute atomic E-state index is 0.00815. The van der Waals surface area contributed by atoms with E-state index in [2.05, 4.69) is 21.2 Å². The maximum absolute atomic E-state index is 11.8. The highest BCUT2D eigenvalue weighted by molar-refractivity contribution is 9.10. The molecule has 0 saturated carbocycles. The molecule has 0 saturated heterocycles. The van der Waals surface area contributed by atoms with E-state index in [9.17, 15) is 4.79 Å². The highest BCUT2D eigenvalue weighted by Crippen LogP contribution is 2.21. The van der Waals surface area contributed by atoms with Crippen LogP contribution in [0.4, 0.5) is 5.69 Å². The van der Waals surface area contributed by atoms with E-state index in [1.54, 1.807) is 0 Å². The summed E-state index contributed by atoms with van der Waals surface area (Å²) in [7, 11) is 0. The van der Waals surface area contributed by atoms with E-state index in [1.807, 2.05) is 32.0 Å². The van der Waals surface area contributed by atoms with Crippen LogP contribution in [0, 0.1) is 12.8 Å². The normalized spacial score (nSPS) is 12.2. The molecule has 1 amide bonds. The van der Waals surface area contributed by atoms with Crippen molar-refractivity contribution in [3.05, 3.63) is 28.2 Å². The van der Waals surface area contributed by atoms with E-state index >= 15 is 0 Å². The maximum atomic E-state index is 11.8. The van der Waals surface area contributed by atoms with Gasteiger partial charge in [-0.15, -0.1) is 0 Å². The highest BCUT2D eigenvalue weighted by Gasteiger charge is 2.15. The molecule has 0 bridgehead atoms. The van der Waals surface area contributed by atoms with E-state index in [0.717, 1.165) is 22.1 Å². The van der Waals surface area contributed by atoms with Gasteiger partial charge < -0.3 is 11.1 Å². The van der Waals surface area contributed by atoms with E-state index in [1.165, 1.54) is 0 Å². The minimum Gasteiger partial charge on any atom is -0.330 e. The van der Waals surface area contributed by atoms with Crippen molar-refractivity contribution in [3.8, 4) is 0 Å². The Morgan fingerprint density at radius 2 is 2.25 bits per heavy atom. The standard InChI is InChI=1S/C12H17BrN2O/c1-3-9(7-14)12(16)15-11-6-10(13)5-4-8(11)2/h4-6,9H,3,7,14H2,1-2H3,(H,15,16). The fraction of sp³-hybridized carbons (Fsp3) is 0.417. The lowest BCUT2D eigenvalue weighted by atomic mass is 10.1. The Balaban J connectivity index is 2.80. The molecule has 3 nitrogen and oxygen atoms in total. The molecular formula is C12H17BrN2O. The number of nitrogens with two attached hydrogens (primary N) is 1. The summed E-state index contributed by atoms with van der Waals surface area (Å²) >= 11 is 3.38. The van der Waals surface area contributed by atoms with Crippen molar-refractivity contribution in [2.45, 2.75) is 20.3 Å². The summed E-state index contributed by atoms with van der Waals surface area (Å²) in [6.07, 6.45) is 0.759. The van der Waals surface area contributed by atoms with Gasteiger partial charge in [-0.1, -0.05) is 28.9 Å². The van der Waals surface area contributed by atoms with Crippen LogP contribution >= 0.6 is 15.9 Å². The molecule has 1 aromatic carbocycles. The molecule has 0 aromatic heterocycles. The van der Waals surface area contributed by atoms with Crippen LogP contribution in [-0.2, 0) is 4.79 Å². The van der Waals surface area contributed by atoms with Crippen LogP contribution in [0.1, 0.15) is 18.9 Å². The predicted octanol–water partition coefficient (Wildman–Crippen LogP) is 2.68. The summed E-state index contributed by atoms with van der Waals surface area (Å²) in [5.74, 6) is -0.121. The molecule has 4 heteroatoms. The van der Waals surface area contributed by atoms with Crippen molar-refractivity contribution in [1.29, 1.82) is 0 Å². The lowest BCUT2D eigenvalue weighted by Gasteiger charge is -2.14. The Labute approximate surface area is 105 Å². The van der Waals surface area contributed by atoms with Crippen molar-refractivity contribution >= 4 is 27.5 Å². The number of halogens is 1. The van der Waals surface area contributed by atoms with Gasteiger partial charge in [-0.2, -0.15) is 0 Å². The van der Waals surface area contributed by atoms with Crippen molar-refractivity contribution in [3.63, 3.8) is 0 Å². The quantitative estimate of drug-likeness (QED) is 0.893. The van der Waals surface area contributed by atoms with Gasteiger partial charge in [-0.05, 0) is 31.0 Å². The van der Waals surface area contributed by atoms with Gasteiger partial charge in [-0.25, -0.2) is 0 Å². The smallest absolute Gasteiger partial charge is 0.228 e. The Bertz CT molecular complexity index is 375. The first-order valence-corrected chi connectivity index (χ1v) is 6.14. The average Bonchev–Trinajstić information content (AvgIpc) is 2.25. The van der Waals surface area contributed by atoms with Crippen molar-refractivity contribution in [1.82, 2.24) is 0 Å². The first kappa shape index (κ1) is 13.2. The topological polar surface area (TPSA) is 55.1 Å². The second-order valence-electron chi connectivity index (χ2n) is 3.79. The number of hydrogen-bond acceptors (Lipinski definition) is 2. The van der Waals surface area contributed by atoms with Crippen LogP contribution < -0.4 is 11.1 Å². The third-order valence-electron chi connectivity index (χ3n) is 2.61. The van der Waals surface area contributed by atoms with Gasteiger partial charge in [0, 0.05) is 16.7 Å². The lowest BCUT2D eigenvalue weighted by Crippen LogP contribution is -2.28. The summed E-state index contributed by atoms with van der Waals surface area (Å²) < 4.78 is 0.953. The number of amides is 1. The Kier molecular flexibility index (Phi) is 4.96. The molecule has 1 unspecified atom stereocenters. The second kappa shape index (κ2) is 6.01. The van der Waals surface area contributed by atoms with Crippen molar-refractivity contribution in [2.75, 3.05) is 11.9 Å². The molecule has 0 aliphatic heterocycles. The molecule has 0 heterocycles. The van der Waals surface area contributed by atoms with Crippen LogP contribution in [0.2, 0.25) is 0 Å². The molecule has 88 valence electrons. The van der Waals surface area contributed by atoms with Crippen LogP contribution in [-0.4, -0.2) is 12.5 Å². The van der Waals surface area contributed by atoms with Crippen LogP contribution in [0.3, 0.4) is 0 Å². The van der Waals surface area contributed by atoms with Crippen LogP contribution in [0.5, 0.6) is 0 Å². The molecule has 0 fully saturated rings. The van der Waals surface area contributed by atoms with Crippen molar-refractivity contribution < 1.29 is 4.79 Å². The van der Waals surface area contributed by atoms with Gasteiger partial charge >= 0.3 is 0 Å². The summed E-state index contributed by atoms with van der Waals surface area (Å²) in [5, 5.41) is 2.90. The summed E-state index contributed by atoms with van der Waals surface area (Å²) in [4.78, 5) is 11.8. The molecule has 0 radical (unpaired) electrons. The SMILES string of the molecule is CCC(CN)C(=O)Nc1cc(Br)ccc1C. The van der Waals surface area contributed by atoms with Crippen LogP contribution in [0.15, 0.2) is 22.7 Å². The Morgan fingerprint density at radius 3 is 2.81 bits per heavy atom. The van der Waals surface area contributed by atoms with Gasteiger partial charge in [0.05, 0.1) is 5.92 Å². The Morgan fingerprint density at radius 1 is 1.56 bits per heavy atom. The fourth-order valence-electron chi connectivity index (χ4n) is 1.42. The fourth-order valence-corrected chi connectivity index (χ4v) is 1.78. The number of carbonyl (C=O) groups is 1. The van der Waals surface area contributed by atoms with E-state index in [0.29, 0.717) is 6.54 Å². The number of benzene rings is 1. The zero-order valence-electron chi connectivity index (χ0n) is 9.59. The molecule has 16 heavy (non-hydrogen) atoms. The van der Waals surface area contributed by atoms with E-state index in [-0.39, 0.29) is 11.8 Å². The third kappa shape index (κ3) is 3.32. The summed E-state index contributed by atoms with van der Waals surface area (Å²) in [6.45, 7) is 4.31. The molecular weight excluding hydrogens is 268 g/mol. The summed E-state index contributed by atoms with van der Waals surface area (Å²) in [6, 6.07) is 5.81. The summed E-state index contributed by atoms with van der Waals surface area (Å²) in [5.41, 5.74) is 7.42. The van der Waals surface area contributed by atoms with E-state index in [4.69, 9.17) is 5.73 Å². The molecule has 0 spiro atoms. The zero-order valence-corrected chi connectivity index (χ0v) is 11.2. The molecule has 0 aliphatic carbocycles. The second-order valence-corrected chi connectivity index (χ2v) is 4.71. The lowest BCUT2D eigenvalue weighted by molar-refractivity contribution is -0.119. The average molecular weight is 285 g/mol. The predicted molar refractivity (Wildman–Crippen MR) is 70.3 cm³/mol. The van der Waals surface area contributed by atoms with Gasteiger partial charge in [0.1, 0.15) is 0 Å². The third-order valence-corrected chi connectivity index (χ3v) is 3.10. The molecule has 3 N–H and O–H groups in total. The number of rotatable bonds is 4. The first-order valence-electron chi connectivity index (χ1n) is 5.35. The molecule has 0 aliphatic rings. The Hall–Kier alpha value is -0.870. The molecule has 1 atom stereocenters. The van der Waals surface area contributed by atoms with Gasteiger partial charge in [0.25, 0.3) is 0 Å².